The van der Waals surface area contributed by atoms with Crippen LogP contribution in [0.1, 0.15) is 5.56 Å². The van der Waals surface area contributed by atoms with E-state index in [0.29, 0.717) is 39.0 Å². The molecule has 0 amide bonds. The molecule has 2 aromatic carbocycles. The SMILES string of the molecule is Cc1cncc(-n2c(=O)c(Oc3cc(F)c(F)c(F)c3)c(Oc3cc(F)c(F)c(F)c3)n(CC#N)c2=O)c1. The summed E-state index contributed by atoms with van der Waals surface area (Å²) in [5.74, 6) is -14.0. The molecule has 38 heavy (non-hydrogen) atoms. The summed E-state index contributed by atoms with van der Waals surface area (Å²) in [5, 5.41) is 9.30. The summed E-state index contributed by atoms with van der Waals surface area (Å²) in [6.45, 7) is 0.758. The van der Waals surface area contributed by atoms with Gasteiger partial charge in [-0.15, -0.1) is 0 Å². The Kier molecular flexibility index (Phi) is 6.94. The smallest absolute Gasteiger partial charge is 0.339 e. The maximum Gasteiger partial charge on any atom is 0.339 e. The number of benzene rings is 2. The molecule has 8 nitrogen and oxygen atoms in total. The van der Waals surface area contributed by atoms with E-state index in [9.17, 15) is 41.2 Å². The summed E-state index contributed by atoms with van der Waals surface area (Å²) in [7, 11) is 0. The third-order valence-electron chi connectivity index (χ3n) is 4.96. The summed E-state index contributed by atoms with van der Waals surface area (Å²) in [5.41, 5.74) is -2.13. The van der Waals surface area contributed by atoms with Crippen molar-refractivity contribution in [2.75, 3.05) is 0 Å². The highest BCUT2D eigenvalue weighted by Gasteiger charge is 2.26. The number of aryl methyl sites for hydroxylation is 1. The number of ether oxygens (including phenoxy) is 2. The highest BCUT2D eigenvalue weighted by molar-refractivity contribution is 5.44. The fourth-order valence-corrected chi connectivity index (χ4v) is 3.31. The summed E-state index contributed by atoms with van der Waals surface area (Å²) < 4.78 is 93.8. The average Bonchev–Trinajstić information content (AvgIpc) is 2.85. The molecule has 0 spiro atoms. The monoisotopic (exact) mass is 534 g/mol. The molecule has 0 aliphatic carbocycles. The molecule has 14 heteroatoms. The first-order valence-corrected chi connectivity index (χ1v) is 10.4. The van der Waals surface area contributed by atoms with E-state index in [0.717, 1.165) is 6.20 Å². The fraction of sp³-hybridized carbons (Fsp3) is 0.0833. The van der Waals surface area contributed by atoms with Gasteiger partial charge in [-0.2, -0.15) is 5.26 Å². The Morgan fingerprint density at radius 2 is 1.37 bits per heavy atom. The molecule has 0 aliphatic heterocycles. The minimum atomic E-state index is -1.84. The van der Waals surface area contributed by atoms with Gasteiger partial charge in [-0.05, 0) is 18.6 Å². The Morgan fingerprint density at radius 3 is 1.87 bits per heavy atom. The van der Waals surface area contributed by atoms with Crippen LogP contribution in [-0.4, -0.2) is 14.1 Å². The van der Waals surface area contributed by atoms with Crippen molar-refractivity contribution in [2.45, 2.75) is 13.5 Å². The number of aromatic nitrogens is 3. The number of rotatable bonds is 6. The quantitative estimate of drug-likeness (QED) is 0.264. The lowest BCUT2D eigenvalue weighted by molar-refractivity contribution is 0.357. The van der Waals surface area contributed by atoms with Crippen LogP contribution in [0.15, 0.2) is 52.3 Å². The van der Waals surface area contributed by atoms with Crippen molar-refractivity contribution < 1.29 is 35.8 Å². The second-order valence-electron chi connectivity index (χ2n) is 7.63. The first-order valence-electron chi connectivity index (χ1n) is 10.4. The molecule has 0 radical (unpaired) electrons. The molecular weight excluding hydrogens is 522 g/mol. The van der Waals surface area contributed by atoms with E-state index in [4.69, 9.17) is 9.47 Å². The summed E-state index contributed by atoms with van der Waals surface area (Å²) in [4.78, 5) is 30.6. The van der Waals surface area contributed by atoms with Crippen molar-refractivity contribution in [3.05, 3.63) is 104 Å². The molecule has 0 N–H and O–H groups in total. The van der Waals surface area contributed by atoms with Gasteiger partial charge in [-0.25, -0.2) is 40.3 Å². The van der Waals surface area contributed by atoms with Crippen molar-refractivity contribution in [1.29, 1.82) is 5.26 Å². The van der Waals surface area contributed by atoms with E-state index >= 15 is 0 Å². The van der Waals surface area contributed by atoms with Gasteiger partial charge in [0.15, 0.2) is 34.9 Å². The normalized spacial score (nSPS) is 10.8. The van der Waals surface area contributed by atoms with Crippen LogP contribution in [0, 0.1) is 53.2 Å². The van der Waals surface area contributed by atoms with Gasteiger partial charge < -0.3 is 9.47 Å². The van der Waals surface area contributed by atoms with Crippen molar-refractivity contribution in [3.8, 4) is 34.9 Å². The van der Waals surface area contributed by atoms with Gasteiger partial charge in [-0.3, -0.25) is 9.78 Å². The van der Waals surface area contributed by atoms with E-state index in [1.165, 1.54) is 12.3 Å². The Hall–Kier alpha value is -5.06. The summed E-state index contributed by atoms with van der Waals surface area (Å²) >= 11 is 0. The first-order chi connectivity index (χ1) is 18.0. The minimum absolute atomic E-state index is 0.113. The molecular formula is C24H12F6N4O4. The van der Waals surface area contributed by atoms with Gasteiger partial charge in [0.1, 0.15) is 18.0 Å². The van der Waals surface area contributed by atoms with Gasteiger partial charge in [0.2, 0.25) is 0 Å². The van der Waals surface area contributed by atoms with Crippen LogP contribution in [0.2, 0.25) is 0 Å². The largest absolute Gasteiger partial charge is 0.446 e. The van der Waals surface area contributed by atoms with Gasteiger partial charge in [0, 0.05) is 30.5 Å². The molecule has 194 valence electrons. The van der Waals surface area contributed by atoms with Crippen LogP contribution < -0.4 is 20.7 Å². The van der Waals surface area contributed by atoms with Crippen LogP contribution in [0.5, 0.6) is 23.1 Å². The van der Waals surface area contributed by atoms with Gasteiger partial charge in [0.25, 0.3) is 11.6 Å². The lowest BCUT2D eigenvalue weighted by Crippen LogP contribution is -2.39. The van der Waals surface area contributed by atoms with Crippen LogP contribution in [0.4, 0.5) is 26.3 Å². The number of nitrogens with zero attached hydrogens (tertiary/aromatic N) is 4. The lowest BCUT2D eigenvalue weighted by atomic mass is 10.3. The predicted octanol–water partition coefficient (Wildman–Crippen LogP) is 4.65. The highest BCUT2D eigenvalue weighted by atomic mass is 19.2. The third-order valence-corrected chi connectivity index (χ3v) is 4.96. The Balaban J connectivity index is 2.04. The topological polar surface area (TPSA) is 99.1 Å². The maximum atomic E-state index is 13.8. The summed E-state index contributed by atoms with van der Waals surface area (Å²) in [6, 6.07) is 4.48. The number of hydrogen-bond donors (Lipinski definition) is 0. The first kappa shape index (κ1) is 26.0. The Labute approximate surface area is 208 Å². The van der Waals surface area contributed by atoms with Crippen LogP contribution in [0.3, 0.4) is 0 Å². The van der Waals surface area contributed by atoms with E-state index in [-0.39, 0.29) is 5.69 Å². The van der Waals surface area contributed by atoms with Gasteiger partial charge in [0.05, 0.1) is 18.0 Å². The van der Waals surface area contributed by atoms with E-state index < -0.39 is 75.8 Å². The van der Waals surface area contributed by atoms with Crippen molar-refractivity contribution >= 4 is 0 Å². The summed E-state index contributed by atoms with van der Waals surface area (Å²) in [6.07, 6.45) is 2.51. The fourth-order valence-electron chi connectivity index (χ4n) is 3.31. The Bertz CT molecular complexity index is 1700. The molecule has 0 unspecified atom stereocenters. The maximum absolute atomic E-state index is 13.8. The number of hydrogen-bond acceptors (Lipinski definition) is 6. The van der Waals surface area contributed by atoms with Crippen molar-refractivity contribution in [3.63, 3.8) is 0 Å². The molecule has 0 bridgehead atoms. The molecule has 0 aliphatic rings. The second kappa shape index (κ2) is 10.1. The van der Waals surface area contributed by atoms with Crippen LogP contribution in [-0.2, 0) is 6.54 Å². The molecule has 4 aromatic rings. The molecule has 4 rings (SSSR count). The zero-order valence-corrected chi connectivity index (χ0v) is 18.9. The highest BCUT2D eigenvalue weighted by Crippen LogP contribution is 2.33. The molecule has 0 saturated carbocycles. The second-order valence-corrected chi connectivity index (χ2v) is 7.63. The number of pyridine rings is 1. The minimum Gasteiger partial charge on any atom is -0.446 e. The lowest BCUT2D eigenvalue weighted by Gasteiger charge is -2.18. The van der Waals surface area contributed by atoms with Crippen molar-refractivity contribution in [2.24, 2.45) is 0 Å². The molecule has 2 heterocycles. The van der Waals surface area contributed by atoms with Crippen molar-refractivity contribution in [1.82, 2.24) is 14.1 Å². The van der Waals surface area contributed by atoms with Crippen LogP contribution in [0.25, 0.3) is 5.69 Å². The standard InChI is InChI=1S/C24H12F6N4O4/c1-11-4-12(10-32-9-11)34-22(35)21(37-13-5-15(25)19(29)16(26)6-13)23(33(3-2-31)24(34)36)38-14-7-17(27)20(30)18(28)8-14/h4-10H,3H2,1H3. The average molecular weight is 534 g/mol. The van der Waals surface area contributed by atoms with E-state index in [1.807, 2.05) is 0 Å². The molecule has 0 atom stereocenters. The molecule has 0 fully saturated rings. The van der Waals surface area contributed by atoms with Gasteiger partial charge >= 0.3 is 11.2 Å². The molecule has 2 aromatic heterocycles. The third kappa shape index (κ3) is 4.81. The Morgan fingerprint density at radius 1 is 0.842 bits per heavy atom. The number of halogens is 6. The predicted molar refractivity (Wildman–Crippen MR) is 117 cm³/mol. The van der Waals surface area contributed by atoms with Gasteiger partial charge in [-0.1, -0.05) is 0 Å². The van der Waals surface area contributed by atoms with E-state index in [2.05, 4.69) is 4.98 Å². The molecule has 0 saturated heterocycles. The van der Waals surface area contributed by atoms with E-state index in [1.54, 1.807) is 13.0 Å². The van der Waals surface area contributed by atoms with Crippen LogP contribution >= 0.6 is 0 Å². The number of nitriles is 1. The zero-order valence-electron chi connectivity index (χ0n) is 18.9. The zero-order chi connectivity index (χ0) is 27.7.